The van der Waals surface area contributed by atoms with E-state index in [4.69, 9.17) is 4.74 Å². The summed E-state index contributed by atoms with van der Waals surface area (Å²) in [5, 5.41) is 12.0. The van der Waals surface area contributed by atoms with E-state index in [1.165, 1.54) is 33.1 Å². The maximum atomic E-state index is 13.6. The summed E-state index contributed by atoms with van der Waals surface area (Å²) in [4.78, 5) is 15.5. The molecule has 1 aromatic heterocycles. The fourth-order valence-electron chi connectivity index (χ4n) is 2.18. The molecule has 0 aliphatic rings. The Bertz CT molecular complexity index is 846. The number of carbonyl (C=O) groups is 1. The first-order chi connectivity index (χ1) is 12.4. The summed E-state index contributed by atoms with van der Waals surface area (Å²) in [7, 11) is 1.34. The molecule has 148 valence electrons. The van der Waals surface area contributed by atoms with Crippen LogP contribution in [0.3, 0.4) is 0 Å². The third-order valence-electron chi connectivity index (χ3n) is 3.64. The van der Waals surface area contributed by atoms with Gasteiger partial charge in [0, 0.05) is 18.3 Å². The van der Waals surface area contributed by atoms with E-state index in [0.29, 0.717) is 6.20 Å². The zero-order chi connectivity index (χ0) is 20.6. The Kier molecular flexibility index (Phi) is 5.34. The molecule has 0 bridgehead atoms. The lowest BCUT2D eigenvalue weighted by Crippen LogP contribution is -2.34. The smallest absolute Gasteiger partial charge is 0.459 e. The molecule has 2 N–H and O–H groups in total. The first-order valence-electron chi connectivity index (χ1n) is 7.60. The van der Waals surface area contributed by atoms with Gasteiger partial charge in [-0.05, 0) is 26.0 Å². The fraction of sp³-hybridized carbons (Fsp3) is 0.375. The molecule has 0 spiro atoms. The minimum Gasteiger partial charge on any atom is -0.507 e. The predicted octanol–water partition coefficient (Wildman–Crippen LogP) is 4.08. The zero-order valence-corrected chi connectivity index (χ0v) is 14.4. The van der Waals surface area contributed by atoms with Crippen molar-refractivity contribution in [1.82, 2.24) is 9.55 Å². The van der Waals surface area contributed by atoms with Crippen molar-refractivity contribution >= 4 is 11.9 Å². The first-order valence-corrected chi connectivity index (χ1v) is 7.60. The number of nitrogens with zero attached hydrogens (tertiary/aromatic N) is 2. The predicted molar refractivity (Wildman–Crippen MR) is 85.2 cm³/mol. The van der Waals surface area contributed by atoms with Crippen LogP contribution in [0.15, 0.2) is 24.4 Å². The third kappa shape index (κ3) is 3.96. The van der Waals surface area contributed by atoms with Gasteiger partial charge >= 0.3 is 12.1 Å². The molecule has 0 saturated heterocycles. The van der Waals surface area contributed by atoms with Gasteiger partial charge in [-0.1, -0.05) is 0 Å². The molecule has 2 aromatic rings. The van der Waals surface area contributed by atoms with E-state index >= 15 is 0 Å². The zero-order valence-electron chi connectivity index (χ0n) is 14.4. The Labute approximate surface area is 150 Å². The number of methoxy groups -OCH3 is 1. The van der Waals surface area contributed by atoms with Crippen molar-refractivity contribution in [3.8, 4) is 11.5 Å². The van der Waals surface area contributed by atoms with Gasteiger partial charge in [0.05, 0.1) is 12.7 Å². The van der Waals surface area contributed by atoms with Crippen molar-refractivity contribution in [2.24, 2.45) is 0 Å². The molecule has 2 rings (SSSR count). The van der Waals surface area contributed by atoms with E-state index < -0.39 is 41.4 Å². The van der Waals surface area contributed by atoms with Crippen molar-refractivity contribution in [2.45, 2.75) is 32.0 Å². The number of carbonyl (C=O) groups excluding carboxylic acids is 1. The van der Waals surface area contributed by atoms with Crippen LogP contribution in [0.4, 0.5) is 27.9 Å². The topological polar surface area (TPSA) is 76.4 Å². The van der Waals surface area contributed by atoms with Crippen LogP contribution in [-0.2, 0) is 5.92 Å². The highest BCUT2D eigenvalue weighted by Crippen LogP contribution is 2.44. The fourth-order valence-corrected chi connectivity index (χ4v) is 2.18. The second kappa shape index (κ2) is 7.05. The van der Waals surface area contributed by atoms with Gasteiger partial charge in [0.15, 0.2) is 0 Å². The van der Waals surface area contributed by atoms with E-state index in [9.17, 15) is 31.9 Å². The number of hydrogen-bond acceptors (Lipinski definition) is 4. The number of aromatic hydroxyl groups is 1. The molecule has 0 aliphatic heterocycles. The monoisotopic (exact) mass is 393 g/mol. The summed E-state index contributed by atoms with van der Waals surface area (Å²) < 4.78 is 70.7. The van der Waals surface area contributed by atoms with Crippen LogP contribution in [0.5, 0.6) is 11.5 Å². The lowest BCUT2D eigenvalue weighted by atomic mass is 10.2. The molecule has 1 aromatic carbocycles. The molecule has 6 nitrogen and oxygen atoms in total. The van der Waals surface area contributed by atoms with Gasteiger partial charge in [-0.3, -0.25) is 10.1 Å². The summed E-state index contributed by atoms with van der Waals surface area (Å²) in [6, 6.07) is 3.15. The number of alkyl halides is 5. The Morgan fingerprint density at radius 3 is 2.37 bits per heavy atom. The van der Waals surface area contributed by atoms with Gasteiger partial charge in [0.2, 0.25) is 5.95 Å². The Balaban J connectivity index is 2.40. The summed E-state index contributed by atoms with van der Waals surface area (Å²) >= 11 is 0. The van der Waals surface area contributed by atoms with Crippen LogP contribution in [0.2, 0.25) is 0 Å². The number of benzene rings is 1. The number of phenolic OH excluding ortho intramolecular Hbond substituents is 1. The number of ether oxygens (including phenoxy) is 1. The molecule has 0 atom stereocenters. The van der Waals surface area contributed by atoms with Crippen molar-refractivity contribution in [3.63, 3.8) is 0 Å². The molecule has 0 fully saturated rings. The number of imidazole rings is 1. The maximum absolute atomic E-state index is 13.6. The van der Waals surface area contributed by atoms with Crippen LogP contribution < -0.4 is 10.1 Å². The molecule has 0 radical (unpaired) electrons. The van der Waals surface area contributed by atoms with E-state index in [2.05, 4.69) is 10.3 Å². The highest BCUT2D eigenvalue weighted by molar-refractivity contribution is 6.05. The number of phenols is 1. The molecule has 0 unspecified atom stereocenters. The van der Waals surface area contributed by atoms with Gasteiger partial charge in [-0.2, -0.15) is 22.0 Å². The summed E-state index contributed by atoms with van der Waals surface area (Å²) in [6.45, 7) is 3.02. The summed E-state index contributed by atoms with van der Waals surface area (Å²) in [6.07, 6.45) is -5.31. The summed E-state index contributed by atoms with van der Waals surface area (Å²) in [5.41, 5.74) is -1.78. The van der Waals surface area contributed by atoms with E-state index in [0.717, 1.165) is 10.6 Å². The number of anilines is 1. The lowest BCUT2D eigenvalue weighted by Gasteiger charge is -2.16. The van der Waals surface area contributed by atoms with Crippen molar-refractivity contribution in [1.29, 1.82) is 0 Å². The number of hydrogen-bond donors (Lipinski definition) is 2. The van der Waals surface area contributed by atoms with Crippen molar-refractivity contribution < 1.29 is 36.6 Å². The number of halogens is 5. The average Bonchev–Trinajstić information content (AvgIpc) is 2.98. The minimum atomic E-state index is -5.83. The van der Waals surface area contributed by atoms with Gasteiger partial charge in [-0.15, -0.1) is 0 Å². The van der Waals surface area contributed by atoms with Crippen LogP contribution in [-0.4, -0.2) is 33.9 Å². The Morgan fingerprint density at radius 1 is 1.26 bits per heavy atom. The van der Waals surface area contributed by atoms with E-state index in [1.54, 1.807) is 0 Å². The first kappa shape index (κ1) is 20.5. The van der Waals surface area contributed by atoms with E-state index in [1.807, 2.05) is 0 Å². The summed E-state index contributed by atoms with van der Waals surface area (Å²) in [5.74, 6) is -6.83. The normalized spacial score (nSPS) is 12.3. The van der Waals surface area contributed by atoms with Crippen LogP contribution in [0, 0.1) is 0 Å². The Hall–Kier alpha value is -2.85. The highest BCUT2D eigenvalue weighted by atomic mass is 19.4. The number of amides is 1. The van der Waals surface area contributed by atoms with Crippen molar-refractivity contribution in [3.05, 3.63) is 35.7 Å². The molecule has 1 amide bonds. The van der Waals surface area contributed by atoms with Gasteiger partial charge in [-0.25, -0.2) is 4.98 Å². The molecule has 0 aliphatic carbocycles. The number of nitrogens with one attached hydrogen (secondary N) is 1. The van der Waals surface area contributed by atoms with Crippen LogP contribution in [0.1, 0.15) is 35.9 Å². The second-order valence-electron chi connectivity index (χ2n) is 5.86. The number of aromatic nitrogens is 2. The van der Waals surface area contributed by atoms with Crippen LogP contribution >= 0.6 is 0 Å². The molecular formula is C16H16F5N3O3. The quantitative estimate of drug-likeness (QED) is 0.751. The Morgan fingerprint density at radius 2 is 1.89 bits per heavy atom. The lowest BCUT2D eigenvalue weighted by molar-refractivity contribution is -0.290. The van der Waals surface area contributed by atoms with E-state index in [-0.39, 0.29) is 11.3 Å². The van der Waals surface area contributed by atoms with Crippen LogP contribution in [0.25, 0.3) is 0 Å². The average molecular weight is 393 g/mol. The molecule has 0 saturated carbocycles. The number of rotatable bonds is 5. The van der Waals surface area contributed by atoms with Gasteiger partial charge in [0.25, 0.3) is 5.91 Å². The van der Waals surface area contributed by atoms with Crippen molar-refractivity contribution in [2.75, 3.05) is 12.4 Å². The molecule has 1 heterocycles. The minimum absolute atomic E-state index is 0.238. The largest absolute Gasteiger partial charge is 0.507 e. The molecule has 27 heavy (non-hydrogen) atoms. The SMILES string of the molecule is COc1ccc(C(=O)Nc2nc(C(F)(F)C(F)(F)F)cn2C(C)C)c(O)c1. The van der Waals surface area contributed by atoms with Gasteiger partial charge in [0.1, 0.15) is 17.2 Å². The van der Waals surface area contributed by atoms with Gasteiger partial charge < -0.3 is 14.4 Å². The second-order valence-corrected chi connectivity index (χ2v) is 5.86. The third-order valence-corrected chi connectivity index (χ3v) is 3.64. The maximum Gasteiger partial charge on any atom is 0.459 e. The molecular weight excluding hydrogens is 377 g/mol. The molecule has 11 heteroatoms. The highest BCUT2D eigenvalue weighted by Gasteiger charge is 2.60. The standard InChI is InChI=1S/C16H16F5N3O3/c1-8(2)24-7-12(15(17,18)16(19,20)21)22-14(24)23-13(26)10-5-4-9(27-3)6-11(10)25/h4-8,25H,1-3H3,(H,22,23,26).